The van der Waals surface area contributed by atoms with Crippen LogP contribution >= 0.6 is 0 Å². The summed E-state index contributed by atoms with van der Waals surface area (Å²) in [6.45, 7) is 1.91. The van der Waals surface area contributed by atoms with Gasteiger partial charge in [0.1, 0.15) is 12.6 Å². The highest BCUT2D eigenvalue weighted by Gasteiger charge is 2.26. The van der Waals surface area contributed by atoms with Crippen LogP contribution in [0.3, 0.4) is 0 Å². The van der Waals surface area contributed by atoms with Crippen molar-refractivity contribution in [1.82, 2.24) is 25.9 Å². The Kier molecular flexibility index (Phi) is 8.95. The Labute approximate surface area is 224 Å². The largest absolute Gasteiger partial charge is 0.465 e. The van der Waals surface area contributed by atoms with Gasteiger partial charge in [0.25, 0.3) is 0 Å². The summed E-state index contributed by atoms with van der Waals surface area (Å²) < 4.78 is 4.74. The maximum Gasteiger partial charge on any atom is 0.325 e. The minimum absolute atomic E-state index is 0.0726. The number of aromatic amines is 2. The average Bonchev–Trinajstić information content (AvgIpc) is 3.54. The summed E-state index contributed by atoms with van der Waals surface area (Å²) in [6, 6.07) is 14.5. The molecule has 11 nitrogen and oxygen atoms in total. The van der Waals surface area contributed by atoms with Crippen LogP contribution < -0.4 is 21.7 Å². The van der Waals surface area contributed by atoms with Gasteiger partial charge in [0.15, 0.2) is 0 Å². The fourth-order valence-corrected chi connectivity index (χ4v) is 4.40. The second-order valence-electron chi connectivity index (χ2n) is 9.09. The first-order valence-corrected chi connectivity index (χ1v) is 12.7. The molecule has 1 saturated heterocycles. The average molecular weight is 533 g/mol. The fraction of sp³-hybridized carbons (Fsp3) is 0.286. The monoisotopic (exact) mass is 532 g/mol. The van der Waals surface area contributed by atoms with Gasteiger partial charge in [-0.15, -0.1) is 0 Å². The van der Waals surface area contributed by atoms with Crippen LogP contribution in [0.2, 0.25) is 0 Å². The molecule has 0 radical (unpaired) electrons. The van der Waals surface area contributed by atoms with Crippen molar-refractivity contribution in [1.29, 1.82) is 0 Å². The van der Waals surface area contributed by atoms with Crippen LogP contribution in [0, 0.1) is 0 Å². The molecule has 39 heavy (non-hydrogen) atoms. The van der Waals surface area contributed by atoms with Crippen LogP contribution in [-0.2, 0) is 36.8 Å². The highest BCUT2D eigenvalue weighted by Crippen LogP contribution is 2.20. The Bertz CT molecular complexity index is 1480. The summed E-state index contributed by atoms with van der Waals surface area (Å²) in [4.78, 5) is 52.3. The molecule has 0 unspecified atom stereocenters. The van der Waals surface area contributed by atoms with E-state index in [-0.39, 0.29) is 37.4 Å². The Balaban J connectivity index is 0.000000183. The van der Waals surface area contributed by atoms with E-state index >= 15 is 0 Å². The van der Waals surface area contributed by atoms with E-state index in [1.165, 1.54) is 0 Å². The van der Waals surface area contributed by atoms with Crippen LogP contribution in [0.15, 0.2) is 60.9 Å². The predicted octanol–water partition coefficient (Wildman–Crippen LogP) is 1.04. The Hall–Kier alpha value is -4.64. The number of piperazine rings is 1. The Morgan fingerprint density at radius 2 is 1.62 bits per heavy atom. The van der Waals surface area contributed by atoms with Gasteiger partial charge < -0.3 is 36.4 Å². The number of esters is 1. The van der Waals surface area contributed by atoms with Crippen LogP contribution in [0.1, 0.15) is 18.1 Å². The molecule has 11 heteroatoms. The van der Waals surface area contributed by atoms with Gasteiger partial charge in [-0.1, -0.05) is 36.4 Å². The van der Waals surface area contributed by atoms with Crippen molar-refractivity contribution in [3.05, 3.63) is 72.1 Å². The molecule has 2 aromatic carbocycles. The van der Waals surface area contributed by atoms with Crippen molar-refractivity contribution in [3.63, 3.8) is 0 Å². The zero-order valence-corrected chi connectivity index (χ0v) is 21.6. The van der Waals surface area contributed by atoms with Gasteiger partial charge in [-0.25, -0.2) is 0 Å². The lowest BCUT2D eigenvalue weighted by molar-refractivity contribution is -0.143. The fourth-order valence-electron chi connectivity index (χ4n) is 4.40. The topological polar surface area (TPSA) is 171 Å². The third kappa shape index (κ3) is 7.02. The van der Waals surface area contributed by atoms with Crippen molar-refractivity contribution < 1.29 is 23.9 Å². The number of carbonyl (C=O) groups excluding carboxylic acids is 4. The van der Waals surface area contributed by atoms with Gasteiger partial charge in [-0.3, -0.25) is 19.2 Å². The molecular formula is C28H32N6O5. The highest BCUT2D eigenvalue weighted by atomic mass is 16.5. The molecule has 5 rings (SSSR count). The first-order valence-electron chi connectivity index (χ1n) is 12.7. The third-order valence-corrected chi connectivity index (χ3v) is 6.34. The number of benzene rings is 2. The maximum absolute atomic E-state index is 11.9. The van der Waals surface area contributed by atoms with Gasteiger partial charge >= 0.3 is 5.97 Å². The molecule has 3 heterocycles. The summed E-state index contributed by atoms with van der Waals surface area (Å²) >= 11 is 0. The van der Waals surface area contributed by atoms with Crippen molar-refractivity contribution in [2.24, 2.45) is 5.73 Å². The lowest BCUT2D eigenvalue weighted by atomic mass is 10.0. The summed E-state index contributed by atoms with van der Waals surface area (Å²) in [5.41, 5.74) is 9.94. The number of rotatable bonds is 8. The van der Waals surface area contributed by atoms with Gasteiger partial charge in [0.2, 0.25) is 17.7 Å². The zero-order valence-electron chi connectivity index (χ0n) is 21.6. The lowest BCUT2D eigenvalue weighted by Crippen LogP contribution is -2.56. The SMILES string of the molecule is CCOC(=O)CNC(=O)[C@@H](N)Cc1c[nH]c2ccccc12.O=C1CNC(=O)[C@H](Cc2c[nH]c3ccccc23)N1. The number of carbonyl (C=O) groups is 4. The molecule has 1 aliphatic heterocycles. The lowest BCUT2D eigenvalue weighted by Gasteiger charge is -2.22. The second-order valence-corrected chi connectivity index (χ2v) is 9.09. The van der Waals surface area contributed by atoms with Crippen LogP contribution in [0.25, 0.3) is 21.8 Å². The van der Waals surface area contributed by atoms with Crippen molar-refractivity contribution in [2.45, 2.75) is 31.8 Å². The molecule has 3 amide bonds. The van der Waals surface area contributed by atoms with E-state index < -0.39 is 18.1 Å². The van der Waals surface area contributed by atoms with E-state index in [9.17, 15) is 19.2 Å². The van der Waals surface area contributed by atoms with Crippen LogP contribution in [-0.4, -0.2) is 65.4 Å². The van der Waals surface area contributed by atoms with Gasteiger partial charge in [-0.2, -0.15) is 0 Å². The molecule has 7 N–H and O–H groups in total. The minimum Gasteiger partial charge on any atom is -0.465 e. The quantitative estimate of drug-likeness (QED) is 0.185. The van der Waals surface area contributed by atoms with E-state index in [1.807, 2.05) is 60.9 Å². The van der Waals surface area contributed by atoms with E-state index in [2.05, 4.69) is 25.9 Å². The van der Waals surface area contributed by atoms with Crippen LogP contribution in [0.5, 0.6) is 0 Å². The summed E-state index contributed by atoms with van der Waals surface area (Å²) in [6.07, 6.45) is 4.64. The maximum atomic E-state index is 11.9. The van der Waals surface area contributed by atoms with E-state index in [1.54, 1.807) is 6.92 Å². The van der Waals surface area contributed by atoms with Gasteiger partial charge in [0.05, 0.1) is 19.2 Å². The van der Waals surface area contributed by atoms with E-state index in [0.717, 1.165) is 32.9 Å². The first kappa shape index (κ1) is 27.4. The summed E-state index contributed by atoms with van der Waals surface area (Å²) in [7, 11) is 0. The molecule has 0 saturated carbocycles. The second kappa shape index (κ2) is 12.7. The number of nitrogens with two attached hydrogens (primary N) is 1. The normalized spacial score (nSPS) is 15.6. The molecule has 0 bridgehead atoms. The van der Waals surface area contributed by atoms with Crippen molar-refractivity contribution in [3.8, 4) is 0 Å². The molecule has 1 fully saturated rings. The number of ether oxygens (including phenoxy) is 1. The van der Waals surface area contributed by atoms with Gasteiger partial charge in [0, 0.05) is 40.6 Å². The molecule has 204 valence electrons. The Morgan fingerprint density at radius 3 is 2.28 bits per heavy atom. The third-order valence-electron chi connectivity index (χ3n) is 6.34. The smallest absolute Gasteiger partial charge is 0.325 e. The molecule has 1 aliphatic rings. The number of fused-ring (bicyclic) bond motifs is 2. The number of hydrogen-bond donors (Lipinski definition) is 6. The Morgan fingerprint density at radius 1 is 1.00 bits per heavy atom. The standard InChI is InChI=1S/C15H19N3O3.C13H13N3O2/c1-2-21-14(19)9-18-15(20)12(16)7-10-8-17-13-6-4-3-5-11(10)13;17-12-7-15-13(18)11(16-12)5-8-6-14-10-4-2-1-3-9(8)10/h3-6,8,12,17H,2,7,9,16H2,1H3,(H,18,20);1-4,6,11,14H,5,7H2,(H,15,18)(H,16,17)/t12-;11-/m00/s1. The molecule has 2 aromatic heterocycles. The molecule has 0 aliphatic carbocycles. The molecule has 2 atom stereocenters. The van der Waals surface area contributed by atoms with E-state index in [0.29, 0.717) is 12.8 Å². The molecule has 4 aromatic rings. The molecular weight excluding hydrogens is 500 g/mol. The van der Waals surface area contributed by atoms with Crippen molar-refractivity contribution in [2.75, 3.05) is 19.7 Å². The zero-order chi connectivity index (χ0) is 27.8. The summed E-state index contributed by atoms with van der Waals surface area (Å²) in [5.74, 6) is -1.10. The predicted molar refractivity (Wildman–Crippen MR) is 147 cm³/mol. The van der Waals surface area contributed by atoms with Gasteiger partial charge in [-0.05, 0) is 36.6 Å². The minimum atomic E-state index is -0.710. The number of hydrogen-bond acceptors (Lipinski definition) is 6. The number of nitrogens with one attached hydrogen (secondary N) is 5. The summed E-state index contributed by atoms with van der Waals surface area (Å²) in [5, 5.41) is 9.90. The number of para-hydroxylation sites is 2. The number of aromatic nitrogens is 2. The number of amides is 3. The molecule has 0 spiro atoms. The highest BCUT2D eigenvalue weighted by molar-refractivity contribution is 5.95. The first-order chi connectivity index (χ1) is 18.9. The van der Waals surface area contributed by atoms with E-state index in [4.69, 9.17) is 10.5 Å². The van der Waals surface area contributed by atoms with Crippen molar-refractivity contribution >= 4 is 45.5 Å². The van der Waals surface area contributed by atoms with Crippen LogP contribution in [0.4, 0.5) is 0 Å². The number of H-pyrrole nitrogens is 2.